The van der Waals surface area contributed by atoms with E-state index in [9.17, 15) is 4.79 Å². The van der Waals surface area contributed by atoms with Gasteiger partial charge in [0.05, 0.1) is 0 Å². The van der Waals surface area contributed by atoms with E-state index in [0.29, 0.717) is 13.1 Å². The maximum atomic E-state index is 11.0. The van der Waals surface area contributed by atoms with Gasteiger partial charge in [0.2, 0.25) is 0 Å². The number of nitrogens with zero attached hydrogens (tertiary/aromatic N) is 1. The Bertz CT molecular complexity index is 187. The molecule has 18 heavy (non-hydrogen) atoms. The maximum Gasteiger partial charge on any atom is 0.407 e. The van der Waals surface area contributed by atoms with Gasteiger partial charge in [-0.25, -0.2) is 4.79 Å². The summed E-state index contributed by atoms with van der Waals surface area (Å²) in [7, 11) is 0. The summed E-state index contributed by atoms with van der Waals surface area (Å²) in [6.45, 7) is 2.75. The van der Waals surface area contributed by atoms with Crippen molar-refractivity contribution in [3.05, 3.63) is 0 Å². The molecule has 0 aromatic rings. The van der Waals surface area contributed by atoms with Crippen LogP contribution in [0.2, 0.25) is 0 Å². The summed E-state index contributed by atoms with van der Waals surface area (Å²) in [6.07, 6.45) is 7.47. The molecule has 0 aliphatic rings. The predicted octanol–water partition coefficient (Wildman–Crippen LogP) is 2.00. The van der Waals surface area contributed by atoms with E-state index < -0.39 is 6.09 Å². The lowest BCUT2D eigenvalue weighted by atomic mass is 10.1. The minimum atomic E-state index is -0.798. The van der Waals surface area contributed by atoms with Crippen LogP contribution in [0.4, 0.5) is 4.79 Å². The zero-order valence-corrected chi connectivity index (χ0v) is 11.4. The molecule has 0 aliphatic heterocycles. The molecule has 0 rings (SSSR count). The van der Waals surface area contributed by atoms with Crippen LogP contribution in [0.3, 0.4) is 0 Å². The van der Waals surface area contributed by atoms with Crippen LogP contribution in [0.1, 0.15) is 51.4 Å². The molecule has 0 saturated heterocycles. The van der Waals surface area contributed by atoms with Gasteiger partial charge in [-0.15, -0.1) is 0 Å². The first-order valence-electron chi connectivity index (χ1n) is 7.10. The van der Waals surface area contributed by atoms with Crippen molar-refractivity contribution in [2.45, 2.75) is 51.4 Å². The van der Waals surface area contributed by atoms with Crippen molar-refractivity contribution in [2.75, 3.05) is 26.2 Å². The Morgan fingerprint density at radius 2 is 1.17 bits per heavy atom. The van der Waals surface area contributed by atoms with Crippen molar-refractivity contribution in [1.29, 1.82) is 0 Å². The van der Waals surface area contributed by atoms with Gasteiger partial charge in [0.1, 0.15) is 0 Å². The first kappa shape index (κ1) is 17.2. The van der Waals surface area contributed by atoms with Gasteiger partial charge in [-0.1, -0.05) is 25.7 Å². The number of rotatable bonds is 12. The zero-order chi connectivity index (χ0) is 13.6. The molecule has 5 heteroatoms. The highest BCUT2D eigenvalue weighted by atomic mass is 16.4. The second-order valence-electron chi connectivity index (χ2n) is 4.68. The van der Waals surface area contributed by atoms with Crippen LogP contribution < -0.4 is 11.5 Å². The average molecular weight is 259 g/mol. The molecule has 0 bridgehead atoms. The quantitative estimate of drug-likeness (QED) is 0.467. The van der Waals surface area contributed by atoms with Crippen molar-refractivity contribution < 1.29 is 9.90 Å². The highest BCUT2D eigenvalue weighted by Crippen LogP contribution is 2.05. The Morgan fingerprint density at radius 1 is 0.778 bits per heavy atom. The van der Waals surface area contributed by atoms with Crippen LogP contribution in [-0.4, -0.2) is 42.3 Å². The topological polar surface area (TPSA) is 92.6 Å². The van der Waals surface area contributed by atoms with E-state index in [-0.39, 0.29) is 0 Å². The molecule has 0 heterocycles. The number of carbonyl (C=O) groups is 1. The summed E-state index contributed by atoms with van der Waals surface area (Å²) in [4.78, 5) is 12.6. The van der Waals surface area contributed by atoms with E-state index in [4.69, 9.17) is 16.6 Å². The second kappa shape index (κ2) is 12.6. The van der Waals surface area contributed by atoms with E-state index in [2.05, 4.69) is 0 Å². The normalized spacial score (nSPS) is 10.6. The minimum absolute atomic E-state index is 0.650. The standard InChI is InChI=1S/C13H29N3O2/c14-9-5-1-3-7-11-16(13(17)18)12-8-4-2-6-10-15/h1-12,14-15H2,(H,17,18). The largest absolute Gasteiger partial charge is 0.465 e. The molecular weight excluding hydrogens is 230 g/mol. The van der Waals surface area contributed by atoms with E-state index in [1.54, 1.807) is 0 Å². The van der Waals surface area contributed by atoms with Crippen molar-refractivity contribution in [1.82, 2.24) is 4.90 Å². The van der Waals surface area contributed by atoms with Crippen molar-refractivity contribution in [2.24, 2.45) is 11.5 Å². The molecule has 0 aliphatic carbocycles. The summed E-state index contributed by atoms with van der Waals surface area (Å²) < 4.78 is 0. The van der Waals surface area contributed by atoms with Gasteiger partial charge in [0.25, 0.3) is 0 Å². The molecule has 5 N–H and O–H groups in total. The number of unbranched alkanes of at least 4 members (excludes halogenated alkanes) is 6. The van der Waals surface area contributed by atoms with Crippen molar-refractivity contribution in [3.63, 3.8) is 0 Å². The molecule has 0 saturated carbocycles. The van der Waals surface area contributed by atoms with E-state index in [1.807, 2.05) is 0 Å². The van der Waals surface area contributed by atoms with Gasteiger partial charge in [-0.05, 0) is 38.8 Å². The Morgan fingerprint density at radius 3 is 1.50 bits per heavy atom. The highest BCUT2D eigenvalue weighted by molar-refractivity contribution is 5.64. The third kappa shape index (κ3) is 10.4. The highest BCUT2D eigenvalue weighted by Gasteiger charge is 2.09. The van der Waals surface area contributed by atoms with E-state index in [0.717, 1.165) is 64.5 Å². The molecule has 0 atom stereocenters. The molecule has 0 aromatic heterocycles. The minimum Gasteiger partial charge on any atom is -0.465 e. The molecule has 0 unspecified atom stereocenters. The first-order chi connectivity index (χ1) is 8.72. The number of amides is 1. The van der Waals surface area contributed by atoms with Gasteiger partial charge in [0, 0.05) is 13.1 Å². The third-order valence-electron chi connectivity index (χ3n) is 3.03. The summed E-state index contributed by atoms with van der Waals surface area (Å²) in [5, 5.41) is 9.06. The number of carboxylic acid groups (broad SMARTS) is 1. The Hall–Kier alpha value is -0.810. The molecule has 0 spiro atoms. The predicted molar refractivity (Wildman–Crippen MR) is 74.6 cm³/mol. The lowest BCUT2D eigenvalue weighted by molar-refractivity contribution is 0.143. The summed E-state index contributed by atoms with van der Waals surface area (Å²) >= 11 is 0. The lowest BCUT2D eigenvalue weighted by Gasteiger charge is -2.19. The van der Waals surface area contributed by atoms with Crippen LogP contribution >= 0.6 is 0 Å². The molecular formula is C13H29N3O2. The fourth-order valence-electron chi connectivity index (χ4n) is 1.90. The number of nitrogens with two attached hydrogens (primary N) is 2. The van der Waals surface area contributed by atoms with Crippen LogP contribution in [0, 0.1) is 0 Å². The van der Waals surface area contributed by atoms with Crippen molar-refractivity contribution in [3.8, 4) is 0 Å². The monoisotopic (exact) mass is 259 g/mol. The molecule has 1 amide bonds. The first-order valence-corrected chi connectivity index (χ1v) is 7.10. The Labute approximate surface area is 111 Å². The van der Waals surface area contributed by atoms with Crippen LogP contribution in [0.15, 0.2) is 0 Å². The van der Waals surface area contributed by atoms with Crippen molar-refractivity contribution >= 4 is 6.09 Å². The van der Waals surface area contributed by atoms with Gasteiger partial charge in [-0.3, -0.25) is 0 Å². The lowest BCUT2D eigenvalue weighted by Crippen LogP contribution is -2.31. The molecule has 108 valence electrons. The van der Waals surface area contributed by atoms with Gasteiger partial charge in [-0.2, -0.15) is 0 Å². The van der Waals surface area contributed by atoms with Crippen LogP contribution in [-0.2, 0) is 0 Å². The average Bonchev–Trinajstić information content (AvgIpc) is 2.35. The molecule has 0 aromatic carbocycles. The number of hydrogen-bond acceptors (Lipinski definition) is 3. The third-order valence-corrected chi connectivity index (χ3v) is 3.03. The van der Waals surface area contributed by atoms with Crippen LogP contribution in [0.25, 0.3) is 0 Å². The van der Waals surface area contributed by atoms with Gasteiger partial charge < -0.3 is 21.5 Å². The molecule has 0 radical (unpaired) electrons. The SMILES string of the molecule is NCCCCCCN(CCCCCCN)C(=O)O. The Kier molecular flexibility index (Phi) is 12.1. The summed E-state index contributed by atoms with van der Waals surface area (Å²) in [5.74, 6) is 0. The second-order valence-corrected chi connectivity index (χ2v) is 4.68. The van der Waals surface area contributed by atoms with E-state index >= 15 is 0 Å². The zero-order valence-electron chi connectivity index (χ0n) is 11.4. The van der Waals surface area contributed by atoms with Crippen LogP contribution in [0.5, 0.6) is 0 Å². The van der Waals surface area contributed by atoms with Gasteiger partial charge in [0.15, 0.2) is 0 Å². The summed E-state index contributed by atoms with van der Waals surface area (Å²) in [6, 6.07) is 0. The molecule has 0 fully saturated rings. The maximum absolute atomic E-state index is 11.0. The molecule has 5 nitrogen and oxygen atoms in total. The fourth-order valence-corrected chi connectivity index (χ4v) is 1.90. The smallest absolute Gasteiger partial charge is 0.407 e. The van der Waals surface area contributed by atoms with E-state index in [1.165, 1.54) is 4.90 Å². The Balaban J connectivity index is 3.56. The number of hydrogen-bond donors (Lipinski definition) is 3. The summed E-state index contributed by atoms with van der Waals surface area (Å²) in [5.41, 5.74) is 10.8. The van der Waals surface area contributed by atoms with Gasteiger partial charge >= 0.3 is 6.09 Å². The fraction of sp³-hybridized carbons (Fsp3) is 0.923.